The number of nitrogens with zero attached hydrogens (tertiary/aromatic N) is 4. The van der Waals surface area contributed by atoms with Crippen molar-refractivity contribution in [2.24, 2.45) is 8.73 Å². The number of halogens is 6. The Hall–Kier alpha value is -3.37. The average Bonchev–Trinajstić information content (AvgIpc) is 3.79. The van der Waals surface area contributed by atoms with E-state index in [-0.39, 0.29) is 5.56 Å². The maximum atomic E-state index is 13.8. The Morgan fingerprint density at radius 3 is 1.69 bits per heavy atom. The Labute approximate surface area is 272 Å². The smallest absolute Gasteiger partial charge is 0.172 e. The van der Waals surface area contributed by atoms with Crippen LogP contribution in [0.5, 0.6) is 0 Å². The van der Waals surface area contributed by atoms with Gasteiger partial charge in [0.05, 0.1) is 28.6 Å². The number of fused-ring (bicyclic) bond motifs is 2. The van der Waals surface area contributed by atoms with Crippen molar-refractivity contribution in [1.29, 1.82) is 0 Å². The van der Waals surface area contributed by atoms with Crippen molar-refractivity contribution in [2.45, 2.75) is 30.4 Å². The molecule has 0 aliphatic carbocycles. The summed E-state index contributed by atoms with van der Waals surface area (Å²) in [6.45, 7) is 4.15. The highest BCUT2D eigenvalue weighted by Gasteiger charge is 2.39. The lowest BCUT2D eigenvalue weighted by Crippen LogP contribution is -2.09. The van der Waals surface area contributed by atoms with E-state index in [1.54, 1.807) is 23.5 Å². The molecule has 0 fully saturated rings. The molecule has 3 aromatic carbocycles. The molecule has 0 unspecified atom stereocenters. The summed E-state index contributed by atoms with van der Waals surface area (Å²) in [5.74, 6) is 0. The van der Waals surface area contributed by atoms with Gasteiger partial charge in [0.2, 0.25) is 0 Å². The molecule has 0 saturated carbocycles. The summed E-state index contributed by atoms with van der Waals surface area (Å²) in [6, 6.07) is 16.7. The average molecular weight is 707 g/mol. The predicted octanol–water partition coefficient (Wildman–Crippen LogP) is 12.5. The van der Waals surface area contributed by atoms with E-state index < -0.39 is 33.9 Å². The van der Waals surface area contributed by atoms with Crippen LogP contribution in [0.15, 0.2) is 74.3 Å². The molecule has 0 bridgehead atoms. The number of hydrogen-bond acceptors (Lipinski definition) is 8. The van der Waals surface area contributed by atoms with Crippen molar-refractivity contribution in [2.75, 3.05) is 0 Å². The second-order valence-corrected chi connectivity index (χ2v) is 14.4. The second kappa shape index (κ2) is 11.2. The lowest BCUT2D eigenvalue weighted by molar-refractivity contribution is -0.139. The number of alkyl halides is 6. The van der Waals surface area contributed by atoms with E-state index in [4.69, 9.17) is 0 Å². The molecule has 1 aliphatic rings. The number of aryl methyl sites for hydroxylation is 2. The summed E-state index contributed by atoms with van der Waals surface area (Å²) in [6.07, 6.45) is -4.96. The number of thioether (sulfide) groups is 1. The molecule has 15 heteroatoms. The van der Waals surface area contributed by atoms with Gasteiger partial charge < -0.3 is 0 Å². The van der Waals surface area contributed by atoms with E-state index >= 15 is 0 Å². The molecule has 0 amide bonds. The molecule has 0 radical (unpaired) electrons. The van der Waals surface area contributed by atoms with E-state index in [2.05, 4.69) is 55.6 Å². The molecular weight excluding hydrogens is 691 g/mol. The molecule has 4 heterocycles. The van der Waals surface area contributed by atoms with Gasteiger partial charge in [-0.15, -0.1) is 22.7 Å². The molecule has 45 heavy (non-hydrogen) atoms. The minimum absolute atomic E-state index is 0.152. The van der Waals surface area contributed by atoms with Crippen molar-refractivity contribution in [3.05, 3.63) is 77.4 Å². The molecule has 0 saturated heterocycles. The molecular formula is C30H16F6N4S5. The topological polar surface area (TPSA) is 50.5 Å². The van der Waals surface area contributed by atoms with Crippen LogP contribution in [0.1, 0.15) is 16.7 Å². The van der Waals surface area contributed by atoms with Crippen LogP contribution >= 0.6 is 46.2 Å². The summed E-state index contributed by atoms with van der Waals surface area (Å²) >= 11 is 4.12. The van der Waals surface area contributed by atoms with E-state index in [1.807, 2.05) is 6.07 Å². The highest BCUT2D eigenvalue weighted by Crippen LogP contribution is 2.55. The summed E-state index contributed by atoms with van der Waals surface area (Å²) < 4.78 is 98.6. The lowest BCUT2D eigenvalue weighted by Gasteiger charge is -2.15. The third-order valence-electron chi connectivity index (χ3n) is 7.22. The first-order chi connectivity index (χ1) is 21.4. The monoisotopic (exact) mass is 706 g/mol. The fourth-order valence-electron chi connectivity index (χ4n) is 4.99. The number of benzene rings is 3. The summed E-state index contributed by atoms with van der Waals surface area (Å²) in [5, 5.41) is 0. The second-order valence-electron chi connectivity index (χ2n) is 10.1. The van der Waals surface area contributed by atoms with Gasteiger partial charge in [0.15, 0.2) is 0 Å². The van der Waals surface area contributed by atoms with Crippen molar-refractivity contribution >= 4 is 79.9 Å². The van der Waals surface area contributed by atoms with E-state index in [1.165, 1.54) is 28.5 Å². The molecule has 0 spiro atoms. The van der Waals surface area contributed by atoms with Crippen molar-refractivity contribution in [3.8, 4) is 41.8 Å². The van der Waals surface area contributed by atoms with Crippen molar-refractivity contribution in [1.82, 2.24) is 8.75 Å². The maximum absolute atomic E-state index is 13.8. The van der Waals surface area contributed by atoms with Crippen LogP contribution in [-0.2, 0) is 17.5 Å². The normalized spacial score (nSPS) is 13.1. The van der Waals surface area contributed by atoms with E-state index in [0.717, 1.165) is 56.1 Å². The first-order valence-corrected chi connectivity index (χ1v) is 16.9. The van der Waals surface area contributed by atoms with Gasteiger partial charge in [-0.3, -0.25) is 0 Å². The van der Waals surface area contributed by atoms with Gasteiger partial charge in [0.25, 0.3) is 0 Å². The largest absolute Gasteiger partial charge is 0.446 e. The minimum atomic E-state index is -4.96. The zero-order valence-electron chi connectivity index (χ0n) is 22.9. The molecule has 1 aliphatic heterocycles. The molecule has 0 N–H and O–H groups in total. The van der Waals surface area contributed by atoms with Gasteiger partial charge >= 0.3 is 11.7 Å². The summed E-state index contributed by atoms with van der Waals surface area (Å²) in [4.78, 5) is 2.27. The molecule has 6 aromatic rings. The Bertz CT molecular complexity index is 2200. The molecule has 7 rings (SSSR count). The zero-order valence-corrected chi connectivity index (χ0v) is 27.0. The van der Waals surface area contributed by atoms with Crippen LogP contribution in [0.2, 0.25) is 0 Å². The first-order valence-electron chi connectivity index (χ1n) is 13.0. The molecule has 4 nitrogen and oxygen atoms in total. The maximum Gasteiger partial charge on any atom is 0.446 e. The Morgan fingerprint density at radius 2 is 1.16 bits per heavy atom. The summed E-state index contributed by atoms with van der Waals surface area (Å²) in [5.41, 5.74) is 1.44. The van der Waals surface area contributed by atoms with Crippen LogP contribution in [0.4, 0.5) is 37.7 Å². The Balaban J connectivity index is 1.32. The predicted molar refractivity (Wildman–Crippen MR) is 173 cm³/mol. The van der Waals surface area contributed by atoms with Crippen molar-refractivity contribution < 1.29 is 26.3 Å². The third-order valence-corrected chi connectivity index (χ3v) is 11.4. The zero-order chi connectivity index (χ0) is 31.7. The highest BCUT2D eigenvalue weighted by atomic mass is 32.2. The Morgan fingerprint density at radius 1 is 0.622 bits per heavy atom. The molecule has 0 atom stereocenters. The minimum Gasteiger partial charge on any atom is -0.172 e. The van der Waals surface area contributed by atoms with Crippen LogP contribution in [0.3, 0.4) is 0 Å². The van der Waals surface area contributed by atoms with Gasteiger partial charge in [0.1, 0.15) is 22.4 Å². The fourth-order valence-corrected chi connectivity index (χ4v) is 8.88. The van der Waals surface area contributed by atoms with E-state index in [9.17, 15) is 26.3 Å². The Kier molecular flexibility index (Phi) is 7.51. The van der Waals surface area contributed by atoms with Gasteiger partial charge in [0, 0.05) is 35.5 Å². The number of thiophene rings is 2. The first kappa shape index (κ1) is 30.3. The number of hydrogen-bond donors (Lipinski definition) is 0. The van der Waals surface area contributed by atoms with Crippen LogP contribution in [0.25, 0.3) is 52.8 Å². The SMILES string of the molecule is Cc1ccc(-c2ccc(-c3c4c(c(-c5ccc(-c6ccc(SC(F)(F)F)c(C(F)(F)F)c6)s5)c5nsnc35)N=S=N4)s2)cc1C. The lowest BCUT2D eigenvalue weighted by atomic mass is 10.0. The fraction of sp³-hybridized carbons (Fsp3) is 0.133. The standard InChI is InChI=1S/C30H16F6N4S5/c1-13-3-4-15(11-14(13)2)18-7-9-21(41-18)23-25-27(39-44-37-25)24(28-26(23)38-45-40-28)22-10-8-19(42-22)16-5-6-20(43-30(34,35)36)17(12-16)29(31,32)33/h3-12H,1-2H3. The molecule has 3 aromatic heterocycles. The van der Waals surface area contributed by atoms with Crippen LogP contribution in [-0.4, -0.2) is 14.3 Å². The van der Waals surface area contributed by atoms with Gasteiger partial charge in [-0.25, -0.2) is 0 Å². The quantitative estimate of drug-likeness (QED) is 0.132. The van der Waals surface area contributed by atoms with Crippen LogP contribution < -0.4 is 0 Å². The van der Waals surface area contributed by atoms with Crippen molar-refractivity contribution in [3.63, 3.8) is 0 Å². The third kappa shape index (κ3) is 5.65. The molecule has 228 valence electrons. The number of rotatable bonds is 5. The summed E-state index contributed by atoms with van der Waals surface area (Å²) in [7, 11) is 0. The van der Waals surface area contributed by atoms with Gasteiger partial charge in [-0.05, 0) is 84.3 Å². The van der Waals surface area contributed by atoms with E-state index in [0.29, 0.717) is 37.7 Å². The van der Waals surface area contributed by atoms with Crippen LogP contribution in [0, 0.1) is 13.8 Å². The number of aromatic nitrogens is 2. The highest BCUT2D eigenvalue weighted by molar-refractivity contribution is 8.00. The van der Waals surface area contributed by atoms with Gasteiger partial charge in [-0.2, -0.15) is 43.8 Å². The van der Waals surface area contributed by atoms with Gasteiger partial charge in [-0.1, -0.05) is 24.3 Å².